The van der Waals surface area contributed by atoms with Gasteiger partial charge in [0.05, 0.1) is 0 Å². The third-order valence-corrected chi connectivity index (χ3v) is 3.96. The highest BCUT2D eigenvalue weighted by molar-refractivity contribution is 5.48. The third kappa shape index (κ3) is 21.1. The van der Waals surface area contributed by atoms with E-state index in [-0.39, 0.29) is 0 Å². The standard InChI is InChI=1S/C13H24.C7H12O.CH4O/c1-2-3-4-5-6-7-10-13-11-8-9-12-13;1-2-3-4-5-6-7-8;1-2/h7,10,13H,2-6,8-9,11-12H2,1H3;2-3,7H,4-6H2,1H3;2H,1H3/b10-7+;3-2-;. The predicted octanol–water partition coefficient (Wildman–Crippen LogP) is 6.24. The Kier molecular flexibility index (Phi) is 24.8. The lowest BCUT2D eigenvalue weighted by molar-refractivity contribution is -0.107. The van der Waals surface area contributed by atoms with Gasteiger partial charge in [-0.15, -0.1) is 0 Å². The van der Waals surface area contributed by atoms with E-state index >= 15 is 0 Å². The fourth-order valence-electron chi connectivity index (χ4n) is 2.61. The maximum Gasteiger partial charge on any atom is 0.120 e. The molecule has 1 aliphatic rings. The van der Waals surface area contributed by atoms with Gasteiger partial charge >= 0.3 is 0 Å². The van der Waals surface area contributed by atoms with Gasteiger partial charge in [0.15, 0.2) is 0 Å². The van der Waals surface area contributed by atoms with Crippen molar-refractivity contribution in [3.05, 3.63) is 24.3 Å². The van der Waals surface area contributed by atoms with Crippen molar-refractivity contribution in [1.82, 2.24) is 0 Å². The number of carbonyl (C=O) groups excluding carboxylic acids is 1. The Labute approximate surface area is 145 Å². The summed E-state index contributed by atoms with van der Waals surface area (Å²) in [5.41, 5.74) is 0. The number of hydrogen-bond acceptors (Lipinski definition) is 2. The van der Waals surface area contributed by atoms with Gasteiger partial charge in [-0.1, -0.05) is 63.3 Å². The number of aldehydes is 1. The zero-order valence-electron chi connectivity index (χ0n) is 15.8. The summed E-state index contributed by atoms with van der Waals surface area (Å²) in [5, 5.41) is 7.00. The summed E-state index contributed by atoms with van der Waals surface area (Å²) in [5.74, 6) is 0.936. The van der Waals surface area contributed by atoms with E-state index in [1.807, 2.05) is 13.0 Å². The second-order valence-corrected chi connectivity index (χ2v) is 5.99. The Bertz CT molecular complexity index is 263. The van der Waals surface area contributed by atoms with Crippen molar-refractivity contribution >= 4 is 6.29 Å². The van der Waals surface area contributed by atoms with Crippen LogP contribution in [0.3, 0.4) is 0 Å². The topological polar surface area (TPSA) is 37.3 Å². The summed E-state index contributed by atoms with van der Waals surface area (Å²) in [6, 6.07) is 0. The van der Waals surface area contributed by atoms with Crippen LogP contribution < -0.4 is 0 Å². The van der Waals surface area contributed by atoms with Crippen molar-refractivity contribution in [3.8, 4) is 0 Å². The van der Waals surface area contributed by atoms with Gasteiger partial charge in [0.2, 0.25) is 0 Å². The summed E-state index contributed by atoms with van der Waals surface area (Å²) in [6.07, 6.45) is 25.4. The van der Waals surface area contributed by atoms with Crippen molar-refractivity contribution < 1.29 is 9.90 Å². The summed E-state index contributed by atoms with van der Waals surface area (Å²) in [4.78, 5) is 9.74. The molecule has 136 valence electrons. The molecule has 0 heterocycles. The number of aliphatic hydroxyl groups excluding tert-OH is 1. The van der Waals surface area contributed by atoms with Crippen molar-refractivity contribution in [2.75, 3.05) is 7.11 Å². The molecule has 0 aromatic rings. The molecule has 0 saturated heterocycles. The first-order valence-electron chi connectivity index (χ1n) is 9.51. The number of allylic oxidation sites excluding steroid dienone is 4. The zero-order chi connectivity index (χ0) is 17.6. The van der Waals surface area contributed by atoms with Crippen LogP contribution in [0.5, 0.6) is 0 Å². The summed E-state index contributed by atoms with van der Waals surface area (Å²) < 4.78 is 0. The number of carbonyl (C=O) groups is 1. The average molecular weight is 325 g/mol. The molecule has 2 nitrogen and oxygen atoms in total. The van der Waals surface area contributed by atoms with E-state index in [2.05, 4.69) is 25.2 Å². The van der Waals surface area contributed by atoms with Crippen LogP contribution in [0, 0.1) is 5.92 Å². The van der Waals surface area contributed by atoms with Crippen LogP contribution in [0.15, 0.2) is 24.3 Å². The molecule has 1 saturated carbocycles. The van der Waals surface area contributed by atoms with Crippen LogP contribution in [0.4, 0.5) is 0 Å². The highest BCUT2D eigenvalue weighted by Crippen LogP contribution is 2.25. The highest BCUT2D eigenvalue weighted by atomic mass is 16.2. The fraction of sp³-hybridized carbons (Fsp3) is 0.762. The molecule has 2 heteroatoms. The average Bonchev–Trinajstić information content (AvgIpc) is 3.11. The Morgan fingerprint density at radius 2 is 1.57 bits per heavy atom. The SMILES string of the molecule is C/C=C\CCCC=O.CCCCCC/C=C/C1CCCC1.CO. The molecule has 1 aliphatic carbocycles. The van der Waals surface area contributed by atoms with Gasteiger partial charge in [0.1, 0.15) is 6.29 Å². The fourth-order valence-corrected chi connectivity index (χ4v) is 2.61. The van der Waals surface area contributed by atoms with Crippen LogP contribution in [-0.2, 0) is 4.79 Å². The number of aliphatic hydroxyl groups is 1. The Balaban J connectivity index is 0. The van der Waals surface area contributed by atoms with E-state index in [9.17, 15) is 4.79 Å². The highest BCUT2D eigenvalue weighted by Gasteiger charge is 2.10. The molecule has 23 heavy (non-hydrogen) atoms. The largest absolute Gasteiger partial charge is 0.400 e. The van der Waals surface area contributed by atoms with Crippen molar-refractivity contribution in [2.24, 2.45) is 5.92 Å². The summed E-state index contributed by atoms with van der Waals surface area (Å²) >= 11 is 0. The monoisotopic (exact) mass is 324 g/mol. The van der Waals surface area contributed by atoms with Crippen LogP contribution in [0.2, 0.25) is 0 Å². The molecule has 0 unspecified atom stereocenters. The van der Waals surface area contributed by atoms with E-state index in [0.29, 0.717) is 6.42 Å². The normalized spacial score (nSPS) is 14.4. The predicted molar refractivity (Wildman–Crippen MR) is 103 cm³/mol. The molecule has 0 aliphatic heterocycles. The third-order valence-electron chi connectivity index (χ3n) is 3.96. The molecule has 0 spiro atoms. The summed E-state index contributed by atoms with van der Waals surface area (Å²) in [6.45, 7) is 4.26. The minimum Gasteiger partial charge on any atom is -0.400 e. The molecule has 0 amide bonds. The van der Waals surface area contributed by atoms with Crippen LogP contribution in [0.25, 0.3) is 0 Å². The first-order valence-corrected chi connectivity index (χ1v) is 9.51. The minimum atomic E-state index is 0.699. The quantitative estimate of drug-likeness (QED) is 0.293. The van der Waals surface area contributed by atoms with E-state index in [1.54, 1.807) is 0 Å². The molecule has 0 atom stereocenters. The van der Waals surface area contributed by atoms with Crippen LogP contribution in [0.1, 0.15) is 90.9 Å². The number of unbranched alkanes of at least 4 members (excludes halogenated alkanes) is 6. The lowest BCUT2D eigenvalue weighted by Gasteiger charge is -1.99. The van der Waals surface area contributed by atoms with Crippen molar-refractivity contribution in [1.29, 1.82) is 0 Å². The van der Waals surface area contributed by atoms with Gasteiger partial charge in [0.25, 0.3) is 0 Å². The molecule has 0 aromatic carbocycles. The first-order chi connectivity index (χ1) is 11.3. The van der Waals surface area contributed by atoms with Crippen molar-refractivity contribution in [3.63, 3.8) is 0 Å². The second kappa shape index (κ2) is 23.4. The smallest absolute Gasteiger partial charge is 0.120 e. The molecule has 1 fully saturated rings. The Hall–Kier alpha value is -0.890. The van der Waals surface area contributed by atoms with Gasteiger partial charge in [-0.25, -0.2) is 0 Å². The molecule has 0 bridgehead atoms. The zero-order valence-corrected chi connectivity index (χ0v) is 15.8. The minimum absolute atomic E-state index is 0.699. The molecule has 0 radical (unpaired) electrons. The van der Waals surface area contributed by atoms with Crippen LogP contribution >= 0.6 is 0 Å². The lowest BCUT2D eigenvalue weighted by Crippen LogP contribution is -1.85. The molecular weight excluding hydrogens is 284 g/mol. The summed E-state index contributed by atoms with van der Waals surface area (Å²) in [7, 11) is 1.00. The lowest BCUT2D eigenvalue weighted by atomic mass is 10.1. The van der Waals surface area contributed by atoms with Gasteiger partial charge < -0.3 is 9.90 Å². The van der Waals surface area contributed by atoms with E-state index in [4.69, 9.17) is 5.11 Å². The van der Waals surface area contributed by atoms with Gasteiger partial charge in [-0.05, 0) is 51.4 Å². The number of rotatable bonds is 10. The van der Waals surface area contributed by atoms with Crippen molar-refractivity contribution in [2.45, 2.75) is 90.9 Å². The second-order valence-electron chi connectivity index (χ2n) is 5.99. The van der Waals surface area contributed by atoms with Crippen LogP contribution in [-0.4, -0.2) is 18.5 Å². The maximum atomic E-state index is 9.74. The van der Waals surface area contributed by atoms with Gasteiger partial charge in [0, 0.05) is 13.5 Å². The number of hydrogen-bond donors (Lipinski definition) is 1. The Morgan fingerprint density at radius 3 is 2.13 bits per heavy atom. The van der Waals surface area contributed by atoms with E-state index in [1.165, 1.54) is 57.8 Å². The molecular formula is C21H40O2. The molecule has 1 N–H and O–H groups in total. The Morgan fingerprint density at radius 1 is 0.913 bits per heavy atom. The van der Waals surface area contributed by atoms with Gasteiger partial charge in [-0.3, -0.25) is 0 Å². The molecule has 0 aromatic heterocycles. The van der Waals surface area contributed by atoms with Gasteiger partial charge in [-0.2, -0.15) is 0 Å². The molecule has 1 rings (SSSR count). The maximum absolute atomic E-state index is 9.74. The van der Waals surface area contributed by atoms with E-state index in [0.717, 1.165) is 32.2 Å². The van der Waals surface area contributed by atoms with E-state index < -0.39 is 0 Å². The first kappa shape index (κ1) is 24.4.